The van der Waals surface area contributed by atoms with Crippen molar-refractivity contribution in [1.82, 2.24) is 0 Å². The van der Waals surface area contributed by atoms with Crippen LogP contribution in [-0.4, -0.2) is 11.9 Å². The molecule has 1 aliphatic heterocycles. The van der Waals surface area contributed by atoms with Gasteiger partial charge in [0.05, 0.1) is 0 Å². The number of aryl methyl sites for hydroxylation is 1. The number of benzene rings is 2. The molecule has 0 fully saturated rings. The summed E-state index contributed by atoms with van der Waals surface area (Å²) >= 11 is 5.90. The summed E-state index contributed by atoms with van der Waals surface area (Å²) < 4.78 is 11.0. The number of ether oxygens (including phenoxy) is 1. The molecule has 0 spiro atoms. The second-order valence-corrected chi connectivity index (χ2v) is 6.35. The molecule has 4 rings (SSSR count). The largest absolute Gasteiger partial charge is 0.457 e. The summed E-state index contributed by atoms with van der Waals surface area (Å²) in [5.41, 5.74) is 2.99. The van der Waals surface area contributed by atoms with Gasteiger partial charge in [-0.1, -0.05) is 29.3 Å². The van der Waals surface area contributed by atoms with E-state index >= 15 is 0 Å². The summed E-state index contributed by atoms with van der Waals surface area (Å²) in [7, 11) is 0. The first-order valence-electron chi connectivity index (χ1n) is 8.04. The molecule has 0 amide bonds. The monoisotopic (exact) mass is 363 g/mol. The van der Waals surface area contributed by atoms with E-state index in [-0.39, 0.29) is 5.70 Å². The average molecular weight is 364 g/mol. The number of carbonyl (C=O) groups is 1. The normalized spacial score (nSPS) is 15.2. The lowest BCUT2D eigenvalue weighted by Crippen LogP contribution is -2.05. The second kappa shape index (κ2) is 6.65. The van der Waals surface area contributed by atoms with E-state index in [9.17, 15) is 4.79 Å². The van der Waals surface area contributed by atoms with Crippen LogP contribution in [0, 0.1) is 6.92 Å². The fraction of sp³-hybridized carbons (Fsp3) is 0.0476. The molecule has 0 atom stereocenters. The fourth-order valence-electron chi connectivity index (χ4n) is 2.56. The smallest absolute Gasteiger partial charge is 0.363 e. The zero-order chi connectivity index (χ0) is 18.1. The maximum Gasteiger partial charge on any atom is 0.363 e. The van der Waals surface area contributed by atoms with E-state index in [4.69, 9.17) is 20.8 Å². The van der Waals surface area contributed by atoms with Crippen LogP contribution in [0.3, 0.4) is 0 Å². The SMILES string of the molecule is Cc1ccc(C2=N/C(=C\c3ccc(-c4ccc(Cl)cc4)o3)C(=O)O2)cc1. The van der Waals surface area contributed by atoms with Crippen LogP contribution in [0.25, 0.3) is 17.4 Å². The number of hydrogen-bond donors (Lipinski definition) is 0. The van der Waals surface area contributed by atoms with Crippen molar-refractivity contribution >= 4 is 29.5 Å². The summed E-state index contributed by atoms with van der Waals surface area (Å²) in [4.78, 5) is 16.4. The second-order valence-electron chi connectivity index (χ2n) is 5.91. The molecule has 26 heavy (non-hydrogen) atoms. The number of halogens is 1. The molecule has 3 aromatic rings. The van der Waals surface area contributed by atoms with Crippen molar-refractivity contribution in [1.29, 1.82) is 0 Å². The Hall–Kier alpha value is -3.11. The number of rotatable bonds is 3. The van der Waals surface area contributed by atoms with E-state index < -0.39 is 5.97 Å². The molecule has 0 bridgehead atoms. The average Bonchev–Trinajstić information content (AvgIpc) is 3.24. The molecule has 0 radical (unpaired) electrons. The standard InChI is InChI=1S/C21H14ClNO3/c1-13-2-4-15(5-3-13)20-23-18(21(24)26-20)12-17-10-11-19(25-17)14-6-8-16(22)9-7-14/h2-12H,1H3/b18-12-. The molecule has 128 valence electrons. The summed E-state index contributed by atoms with van der Waals surface area (Å²) in [6.45, 7) is 1.99. The number of furan rings is 1. The van der Waals surface area contributed by atoms with Crippen LogP contribution in [-0.2, 0) is 9.53 Å². The highest BCUT2D eigenvalue weighted by atomic mass is 35.5. The first-order chi connectivity index (χ1) is 12.6. The van der Waals surface area contributed by atoms with Crippen molar-refractivity contribution in [3.63, 3.8) is 0 Å². The van der Waals surface area contributed by atoms with Gasteiger partial charge in [-0.3, -0.25) is 0 Å². The van der Waals surface area contributed by atoms with Gasteiger partial charge >= 0.3 is 5.97 Å². The van der Waals surface area contributed by atoms with Gasteiger partial charge in [-0.05, 0) is 55.5 Å². The number of nitrogens with zero attached hydrogens (tertiary/aromatic N) is 1. The number of carbonyl (C=O) groups excluding carboxylic acids is 1. The van der Waals surface area contributed by atoms with Crippen LogP contribution in [0.5, 0.6) is 0 Å². The Kier molecular flexibility index (Phi) is 4.19. The van der Waals surface area contributed by atoms with Gasteiger partial charge < -0.3 is 9.15 Å². The maximum atomic E-state index is 12.1. The number of esters is 1. The molecule has 1 aromatic heterocycles. The minimum Gasteiger partial charge on any atom is -0.457 e. The molecule has 0 N–H and O–H groups in total. The molecule has 2 heterocycles. The topological polar surface area (TPSA) is 51.8 Å². The van der Waals surface area contributed by atoms with Gasteiger partial charge in [0.1, 0.15) is 11.5 Å². The Morgan fingerprint density at radius 2 is 1.62 bits per heavy atom. The minimum atomic E-state index is -0.495. The summed E-state index contributed by atoms with van der Waals surface area (Å²) in [6.07, 6.45) is 1.57. The van der Waals surface area contributed by atoms with Gasteiger partial charge in [-0.2, -0.15) is 0 Å². The van der Waals surface area contributed by atoms with Crippen molar-refractivity contribution < 1.29 is 13.9 Å². The predicted molar refractivity (Wildman–Crippen MR) is 101 cm³/mol. The first-order valence-corrected chi connectivity index (χ1v) is 8.42. The molecule has 0 saturated carbocycles. The Labute approximate surface area is 155 Å². The third kappa shape index (κ3) is 3.32. The number of cyclic esters (lactones) is 1. The lowest BCUT2D eigenvalue weighted by Gasteiger charge is -1.99. The quantitative estimate of drug-likeness (QED) is 0.471. The van der Waals surface area contributed by atoms with Gasteiger partial charge in [-0.15, -0.1) is 0 Å². The minimum absolute atomic E-state index is 0.206. The van der Waals surface area contributed by atoms with Crippen molar-refractivity contribution in [2.24, 2.45) is 4.99 Å². The first kappa shape index (κ1) is 16.4. The van der Waals surface area contributed by atoms with Gasteiger partial charge in [0.15, 0.2) is 5.70 Å². The maximum absolute atomic E-state index is 12.1. The molecule has 1 aliphatic rings. The summed E-state index contributed by atoms with van der Waals surface area (Å²) in [5.74, 6) is 1.01. The highest BCUT2D eigenvalue weighted by Gasteiger charge is 2.24. The molecule has 2 aromatic carbocycles. The van der Waals surface area contributed by atoms with Crippen molar-refractivity contribution in [3.05, 3.63) is 88.3 Å². The van der Waals surface area contributed by atoms with E-state index in [0.29, 0.717) is 22.4 Å². The van der Waals surface area contributed by atoms with E-state index in [1.807, 2.05) is 49.4 Å². The van der Waals surface area contributed by atoms with Gasteiger partial charge in [0.2, 0.25) is 5.90 Å². The highest BCUT2D eigenvalue weighted by molar-refractivity contribution is 6.30. The van der Waals surface area contributed by atoms with Crippen LogP contribution in [0.15, 0.2) is 75.8 Å². The van der Waals surface area contributed by atoms with Crippen LogP contribution in [0.4, 0.5) is 0 Å². The lowest BCUT2D eigenvalue weighted by molar-refractivity contribution is -0.129. The predicted octanol–water partition coefficient (Wildman–Crippen LogP) is 5.25. The van der Waals surface area contributed by atoms with Gasteiger partial charge in [-0.25, -0.2) is 9.79 Å². The van der Waals surface area contributed by atoms with Crippen molar-refractivity contribution in [2.45, 2.75) is 6.92 Å². The highest BCUT2D eigenvalue weighted by Crippen LogP contribution is 2.26. The van der Waals surface area contributed by atoms with Gasteiger partial charge in [0, 0.05) is 22.2 Å². The third-order valence-corrected chi connectivity index (χ3v) is 4.21. The Morgan fingerprint density at radius 1 is 0.923 bits per heavy atom. The van der Waals surface area contributed by atoms with E-state index in [0.717, 1.165) is 16.7 Å². The van der Waals surface area contributed by atoms with Crippen LogP contribution in [0.2, 0.25) is 5.02 Å². The summed E-state index contributed by atoms with van der Waals surface area (Å²) in [5, 5.41) is 0.661. The zero-order valence-corrected chi connectivity index (χ0v) is 14.7. The Balaban J connectivity index is 1.61. The molecular weight excluding hydrogens is 350 g/mol. The van der Waals surface area contributed by atoms with Crippen molar-refractivity contribution in [3.8, 4) is 11.3 Å². The molecular formula is C21H14ClNO3. The molecule has 5 heteroatoms. The van der Waals surface area contributed by atoms with E-state index in [2.05, 4.69) is 4.99 Å². The molecule has 0 unspecified atom stereocenters. The van der Waals surface area contributed by atoms with Crippen molar-refractivity contribution in [2.75, 3.05) is 0 Å². The van der Waals surface area contributed by atoms with E-state index in [1.54, 1.807) is 24.3 Å². The number of hydrogen-bond acceptors (Lipinski definition) is 4. The molecule has 4 nitrogen and oxygen atoms in total. The fourth-order valence-corrected chi connectivity index (χ4v) is 2.69. The van der Waals surface area contributed by atoms with Gasteiger partial charge in [0.25, 0.3) is 0 Å². The third-order valence-electron chi connectivity index (χ3n) is 3.95. The summed E-state index contributed by atoms with van der Waals surface area (Å²) in [6, 6.07) is 18.6. The zero-order valence-electron chi connectivity index (χ0n) is 13.9. The Morgan fingerprint density at radius 3 is 2.35 bits per heavy atom. The van der Waals surface area contributed by atoms with Crippen LogP contribution >= 0.6 is 11.6 Å². The van der Waals surface area contributed by atoms with E-state index in [1.165, 1.54) is 0 Å². The Bertz CT molecular complexity index is 1030. The molecule has 0 aliphatic carbocycles. The van der Waals surface area contributed by atoms with Crippen LogP contribution in [0.1, 0.15) is 16.9 Å². The number of aliphatic imine (C=N–C) groups is 1. The van der Waals surface area contributed by atoms with Crippen LogP contribution < -0.4 is 0 Å². The lowest BCUT2D eigenvalue weighted by atomic mass is 10.1. The molecule has 0 saturated heterocycles.